The van der Waals surface area contributed by atoms with Crippen molar-refractivity contribution in [1.29, 1.82) is 0 Å². The molecule has 0 aromatic rings. The van der Waals surface area contributed by atoms with Crippen LogP contribution in [0.5, 0.6) is 0 Å². The molecule has 0 bridgehead atoms. The summed E-state index contributed by atoms with van der Waals surface area (Å²) in [4.78, 5) is 13.1. The number of ether oxygens (including phenoxy) is 6. The lowest BCUT2D eigenvalue weighted by Gasteiger charge is -2.42. The van der Waals surface area contributed by atoms with Crippen molar-refractivity contribution in [3.63, 3.8) is 0 Å². The zero-order valence-corrected chi connectivity index (χ0v) is 48.6. The second-order valence-electron chi connectivity index (χ2n) is 20.8. The maximum absolute atomic E-state index is 13.1. The van der Waals surface area contributed by atoms with Gasteiger partial charge in [0, 0.05) is 13.0 Å². The monoisotopic (exact) mass is 1110 g/mol. The Hall–Kier alpha value is -3.35. The van der Waals surface area contributed by atoms with Gasteiger partial charge in [0.25, 0.3) is 0 Å². The number of rotatable bonds is 48. The van der Waals surface area contributed by atoms with E-state index < -0.39 is 86.7 Å². The first kappa shape index (κ1) is 71.8. The van der Waals surface area contributed by atoms with Gasteiger partial charge < -0.3 is 64.2 Å². The van der Waals surface area contributed by atoms with Crippen molar-refractivity contribution in [2.24, 2.45) is 0 Å². The summed E-state index contributed by atoms with van der Waals surface area (Å²) in [6, 6.07) is 0. The number of carbonyl (C=O) groups is 1. The van der Waals surface area contributed by atoms with Crippen LogP contribution in [-0.4, -0.2) is 142 Å². The van der Waals surface area contributed by atoms with E-state index in [0.29, 0.717) is 13.0 Å². The largest absolute Gasteiger partial charge is 0.457 e. The van der Waals surface area contributed by atoms with Crippen molar-refractivity contribution in [1.82, 2.24) is 0 Å². The molecule has 2 aliphatic rings. The van der Waals surface area contributed by atoms with Gasteiger partial charge in [0.2, 0.25) is 0 Å². The third-order valence-electron chi connectivity index (χ3n) is 13.8. The van der Waals surface area contributed by atoms with Gasteiger partial charge in [0.15, 0.2) is 12.6 Å². The number of aliphatic hydroxyl groups is 7. The van der Waals surface area contributed by atoms with Crippen molar-refractivity contribution in [3.05, 3.63) is 109 Å². The molecular weight excluding hydrogens is 1000 g/mol. The Balaban J connectivity index is 1.74. The van der Waals surface area contributed by atoms with E-state index in [1.165, 1.54) is 70.6 Å². The van der Waals surface area contributed by atoms with E-state index >= 15 is 0 Å². The van der Waals surface area contributed by atoms with Crippen molar-refractivity contribution in [3.8, 4) is 0 Å². The van der Waals surface area contributed by atoms with E-state index in [9.17, 15) is 40.5 Å². The highest BCUT2D eigenvalue weighted by Crippen LogP contribution is 2.26. The number of hydrogen-bond donors (Lipinski definition) is 7. The van der Waals surface area contributed by atoms with Crippen LogP contribution in [0.2, 0.25) is 0 Å². The lowest BCUT2D eigenvalue weighted by molar-refractivity contribution is -0.332. The Morgan fingerprint density at radius 3 is 1.29 bits per heavy atom. The minimum atomic E-state index is -1.72. The van der Waals surface area contributed by atoms with E-state index in [1.54, 1.807) is 0 Å². The van der Waals surface area contributed by atoms with E-state index in [2.05, 4.69) is 123 Å². The van der Waals surface area contributed by atoms with Crippen LogP contribution in [0.3, 0.4) is 0 Å². The summed E-state index contributed by atoms with van der Waals surface area (Å²) in [6.07, 6.45) is 52.9. The molecule has 11 unspecified atom stereocenters. The van der Waals surface area contributed by atoms with E-state index in [0.717, 1.165) is 96.3 Å². The molecule has 0 aromatic heterocycles. The molecule has 452 valence electrons. The molecule has 0 amide bonds. The maximum Gasteiger partial charge on any atom is 0.306 e. The van der Waals surface area contributed by atoms with Gasteiger partial charge in [0.1, 0.15) is 54.9 Å². The fraction of sp³-hybridized carbons (Fsp3) is 0.708. The molecule has 14 nitrogen and oxygen atoms in total. The highest BCUT2D eigenvalue weighted by atomic mass is 16.7. The Labute approximate surface area is 476 Å². The lowest BCUT2D eigenvalue weighted by atomic mass is 9.98. The smallest absolute Gasteiger partial charge is 0.306 e. The number of allylic oxidation sites excluding steroid dienone is 18. The summed E-state index contributed by atoms with van der Waals surface area (Å²) in [5.41, 5.74) is 0. The fourth-order valence-electron chi connectivity index (χ4n) is 8.88. The molecule has 7 N–H and O–H groups in total. The molecular formula is C65H108O14. The number of unbranched alkanes of at least 4 members (excludes halogenated alkanes) is 16. The standard InChI is InChI=1S/C65H108O14/c1-3-5-7-9-11-13-15-17-19-21-23-25-26-27-29-31-33-35-37-39-41-43-45-47-49-74-51-54(52-75-64-63(73)61(71)59(69)56(79-64)53-76-65-62(72)60(70)58(68)55(50-66)78-65)77-57(67)48-46-44-42-40-38-36-34-32-30-28-24-22-20-18-16-14-12-10-8-6-4-2/h5,7,11,13,16-19,22-25,27,29,33,35,39,41,54-56,58-66,68-73H,3-4,6,8-10,12,14-15,20-21,26,28,30-32,34,36-38,40,42-53H2,1-2H3/b7-5-,13-11-,18-16-,19-17-,24-22-,25-23-,29-27-,35-33-,41-39-. The maximum atomic E-state index is 13.1. The van der Waals surface area contributed by atoms with Crippen LogP contribution in [0.15, 0.2) is 109 Å². The van der Waals surface area contributed by atoms with Gasteiger partial charge in [-0.1, -0.05) is 194 Å². The number of hydrogen-bond acceptors (Lipinski definition) is 14. The summed E-state index contributed by atoms with van der Waals surface area (Å²) < 4.78 is 34.4. The number of esters is 1. The summed E-state index contributed by atoms with van der Waals surface area (Å²) in [5.74, 6) is -0.400. The van der Waals surface area contributed by atoms with Crippen LogP contribution in [0.25, 0.3) is 0 Å². The minimum absolute atomic E-state index is 0.0227. The van der Waals surface area contributed by atoms with Crippen molar-refractivity contribution in [2.45, 2.75) is 261 Å². The molecule has 2 aliphatic heterocycles. The zero-order valence-electron chi connectivity index (χ0n) is 48.6. The molecule has 0 saturated carbocycles. The van der Waals surface area contributed by atoms with Crippen molar-refractivity contribution < 1.29 is 69.0 Å². The molecule has 0 aliphatic carbocycles. The number of aliphatic hydroxyl groups excluding tert-OH is 7. The Morgan fingerprint density at radius 1 is 0.430 bits per heavy atom. The average molecular weight is 1110 g/mol. The Kier molecular flexibility index (Phi) is 45.8. The van der Waals surface area contributed by atoms with E-state index in [-0.39, 0.29) is 19.6 Å². The highest BCUT2D eigenvalue weighted by Gasteiger charge is 2.47. The van der Waals surface area contributed by atoms with Crippen LogP contribution >= 0.6 is 0 Å². The summed E-state index contributed by atoms with van der Waals surface area (Å²) in [5, 5.41) is 72.4. The second kappa shape index (κ2) is 50.4. The minimum Gasteiger partial charge on any atom is -0.457 e. The van der Waals surface area contributed by atoms with Gasteiger partial charge >= 0.3 is 5.97 Å². The molecule has 0 spiro atoms. The van der Waals surface area contributed by atoms with Crippen LogP contribution < -0.4 is 0 Å². The summed E-state index contributed by atoms with van der Waals surface area (Å²) in [6.45, 7) is 3.44. The van der Waals surface area contributed by atoms with Gasteiger partial charge in [-0.25, -0.2) is 0 Å². The van der Waals surface area contributed by atoms with Gasteiger partial charge in [-0.05, 0) is 103 Å². The van der Waals surface area contributed by atoms with Gasteiger partial charge in [-0.15, -0.1) is 0 Å². The van der Waals surface area contributed by atoms with E-state index in [1.807, 2.05) is 0 Å². The molecule has 2 fully saturated rings. The molecule has 14 heteroatoms. The first-order chi connectivity index (χ1) is 38.6. The van der Waals surface area contributed by atoms with Crippen molar-refractivity contribution in [2.75, 3.05) is 33.0 Å². The highest BCUT2D eigenvalue weighted by molar-refractivity contribution is 5.69. The van der Waals surface area contributed by atoms with Gasteiger partial charge in [-0.3, -0.25) is 4.79 Å². The van der Waals surface area contributed by atoms with Gasteiger partial charge in [-0.2, -0.15) is 0 Å². The molecule has 2 rings (SSSR count). The quantitative estimate of drug-likeness (QED) is 0.0172. The van der Waals surface area contributed by atoms with Crippen LogP contribution in [0, 0.1) is 0 Å². The molecule has 11 atom stereocenters. The SMILES string of the molecule is CC/C=C\C/C=C\C/C=C\C/C=C\C/C=C\C/C=C\C/C=C\CCCCOCC(COC1OC(COC2OC(CO)C(O)C(O)C2O)C(O)C(O)C1O)OC(=O)CCCCCCCCCCC/C=C\C/C=C\CCCCCCC. The van der Waals surface area contributed by atoms with Crippen LogP contribution in [0.4, 0.5) is 0 Å². The predicted molar refractivity (Wildman–Crippen MR) is 316 cm³/mol. The van der Waals surface area contributed by atoms with Crippen LogP contribution in [0.1, 0.15) is 194 Å². The normalized spacial score (nSPS) is 24.8. The Morgan fingerprint density at radius 2 is 0.823 bits per heavy atom. The first-order valence-electron chi connectivity index (χ1n) is 30.5. The molecule has 2 saturated heterocycles. The summed E-state index contributed by atoms with van der Waals surface area (Å²) >= 11 is 0. The average Bonchev–Trinajstić information content (AvgIpc) is 3.46. The third kappa shape index (κ3) is 36.7. The molecule has 0 aromatic carbocycles. The van der Waals surface area contributed by atoms with E-state index in [4.69, 9.17) is 28.4 Å². The van der Waals surface area contributed by atoms with Gasteiger partial charge in [0.05, 0.1) is 26.4 Å². The summed E-state index contributed by atoms with van der Waals surface area (Å²) in [7, 11) is 0. The lowest BCUT2D eigenvalue weighted by Crippen LogP contribution is -2.61. The Bertz CT molecular complexity index is 1720. The second-order valence-corrected chi connectivity index (χ2v) is 20.8. The third-order valence-corrected chi connectivity index (χ3v) is 13.8. The molecule has 0 radical (unpaired) electrons. The zero-order chi connectivity index (χ0) is 57.2. The fourth-order valence-corrected chi connectivity index (χ4v) is 8.88. The molecule has 2 heterocycles. The topological polar surface area (TPSA) is 214 Å². The first-order valence-corrected chi connectivity index (χ1v) is 30.5. The predicted octanol–water partition coefficient (Wildman–Crippen LogP) is 11.5. The van der Waals surface area contributed by atoms with Crippen molar-refractivity contribution >= 4 is 5.97 Å². The molecule has 79 heavy (non-hydrogen) atoms. The van der Waals surface area contributed by atoms with Crippen LogP contribution in [-0.2, 0) is 33.2 Å². The number of carbonyl (C=O) groups excluding carboxylic acids is 1.